The largest absolute Gasteiger partial charge is 0.438 e. The van der Waals surface area contributed by atoms with Gasteiger partial charge in [0.15, 0.2) is 0 Å². The standard InChI is InChI=1S/C15H17ClN2O/c1-3-17-9-12-8-14(16)15(18-10-12)19-13-6-4-5-11(2)7-13/h4-8,10,17H,3,9H2,1-2H3. The maximum atomic E-state index is 6.18. The summed E-state index contributed by atoms with van der Waals surface area (Å²) in [4.78, 5) is 4.26. The minimum absolute atomic E-state index is 0.438. The normalized spacial score (nSPS) is 10.5. The molecule has 0 bridgehead atoms. The average Bonchev–Trinajstić information content (AvgIpc) is 2.39. The molecule has 1 heterocycles. The minimum atomic E-state index is 0.438. The van der Waals surface area contributed by atoms with Crippen LogP contribution in [-0.2, 0) is 6.54 Å². The molecule has 0 saturated carbocycles. The van der Waals surface area contributed by atoms with E-state index >= 15 is 0 Å². The number of halogens is 1. The number of benzene rings is 1. The van der Waals surface area contributed by atoms with Crippen molar-refractivity contribution >= 4 is 11.6 Å². The Morgan fingerprint density at radius 2 is 2.16 bits per heavy atom. The molecule has 0 saturated heterocycles. The Balaban J connectivity index is 2.13. The summed E-state index contributed by atoms with van der Waals surface area (Å²) in [7, 11) is 0. The fraction of sp³-hybridized carbons (Fsp3) is 0.267. The summed E-state index contributed by atoms with van der Waals surface area (Å²) in [5, 5.41) is 3.75. The van der Waals surface area contributed by atoms with E-state index in [1.807, 2.05) is 37.3 Å². The molecule has 0 fully saturated rings. The number of nitrogens with zero attached hydrogens (tertiary/aromatic N) is 1. The van der Waals surface area contributed by atoms with Crippen LogP contribution < -0.4 is 10.1 Å². The second kappa shape index (κ2) is 6.55. The van der Waals surface area contributed by atoms with Crippen LogP contribution >= 0.6 is 11.6 Å². The van der Waals surface area contributed by atoms with Crippen molar-refractivity contribution in [1.29, 1.82) is 0 Å². The lowest BCUT2D eigenvalue weighted by Gasteiger charge is -2.08. The van der Waals surface area contributed by atoms with Crippen LogP contribution in [0.25, 0.3) is 0 Å². The molecule has 2 aromatic rings. The Kier molecular flexibility index (Phi) is 4.77. The van der Waals surface area contributed by atoms with Crippen molar-refractivity contribution in [3.8, 4) is 11.6 Å². The highest BCUT2D eigenvalue weighted by Crippen LogP contribution is 2.27. The first kappa shape index (κ1) is 13.8. The molecule has 0 aliphatic heterocycles. The summed E-state index contributed by atoms with van der Waals surface area (Å²) >= 11 is 6.18. The van der Waals surface area contributed by atoms with Gasteiger partial charge in [0, 0.05) is 12.7 Å². The van der Waals surface area contributed by atoms with Gasteiger partial charge in [-0.25, -0.2) is 4.98 Å². The molecule has 100 valence electrons. The highest BCUT2D eigenvalue weighted by atomic mass is 35.5. The molecular weight excluding hydrogens is 260 g/mol. The van der Waals surface area contributed by atoms with E-state index in [-0.39, 0.29) is 0 Å². The fourth-order valence-corrected chi connectivity index (χ4v) is 1.92. The lowest BCUT2D eigenvalue weighted by molar-refractivity contribution is 0.462. The van der Waals surface area contributed by atoms with E-state index < -0.39 is 0 Å². The summed E-state index contributed by atoms with van der Waals surface area (Å²) in [6.07, 6.45) is 1.78. The predicted molar refractivity (Wildman–Crippen MR) is 77.9 cm³/mol. The zero-order valence-corrected chi connectivity index (χ0v) is 11.9. The second-order valence-corrected chi connectivity index (χ2v) is 4.74. The van der Waals surface area contributed by atoms with Gasteiger partial charge in [0.2, 0.25) is 5.88 Å². The Labute approximate surface area is 118 Å². The highest BCUT2D eigenvalue weighted by Gasteiger charge is 2.06. The molecule has 0 spiro atoms. The van der Waals surface area contributed by atoms with Gasteiger partial charge in [-0.15, -0.1) is 0 Å². The first-order valence-electron chi connectivity index (χ1n) is 6.28. The third-order valence-corrected chi connectivity index (χ3v) is 2.92. The molecule has 0 radical (unpaired) electrons. The number of rotatable bonds is 5. The Hall–Kier alpha value is -1.58. The molecule has 2 rings (SSSR count). The summed E-state index contributed by atoms with van der Waals surface area (Å²) < 4.78 is 5.69. The van der Waals surface area contributed by atoms with Gasteiger partial charge in [-0.1, -0.05) is 30.7 Å². The quantitative estimate of drug-likeness (QED) is 0.898. The second-order valence-electron chi connectivity index (χ2n) is 4.33. The molecule has 1 aromatic carbocycles. The molecule has 0 unspecified atom stereocenters. The summed E-state index contributed by atoms with van der Waals surface area (Å²) in [6.45, 7) is 5.75. The molecule has 0 aliphatic carbocycles. The van der Waals surface area contributed by atoms with E-state index in [0.717, 1.165) is 30.0 Å². The smallest absolute Gasteiger partial charge is 0.238 e. The number of aromatic nitrogens is 1. The van der Waals surface area contributed by atoms with Crippen molar-refractivity contribution in [2.75, 3.05) is 6.54 Å². The van der Waals surface area contributed by atoms with Crippen LogP contribution in [-0.4, -0.2) is 11.5 Å². The summed E-state index contributed by atoms with van der Waals surface area (Å²) in [5.41, 5.74) is 2.18. The van der Waals surface area contributed by atoms with Gasteiger partial charge < -0.3 is 10.1 Å². The molecular formula is C15H17ClN2O. The number of hydrogen-bond donors (Lipinski definition) is 1. The van der Waals surface area contributed by atoms with Crippen molar-refractivity contribution in [2.24, 2.45) is 0 Å². The van der Waals surface area contributed by atoms with Gasteiger partial charge in [-0.3, -0.25) is 0 Å². The maximum absolute atomic E-state index is 6.18. The molecule has 0 atom stereocenters. The van der Waals surface area contributed by atoms with Gasteiger partial charge in [-0.05, 0) is 42.8 Å². The van der Waals surface area contributed by atoms with E-state index in [4.69, 9.17) is 16.3 Å². The third-order valence-electron chi connectivity index (χ3n) is 2.65. The van der Waals surface area contributed by atoms with E-state index in [0.29, 0.717) is 10.9 Å². The zero-order valence-electron chi connectivity index (χ0n) is 11.1. The Morgan fingerprint density at radius 1 is 1.32 bits per heavy atom. The van der Waals surface area contributed by atoms with Gasteiger partial charge >= 0.3 is 0 Å². The van der Waals surface area contributed by atoms with Crippen LogP contribution in [0.15, 0.2) is 36.5 Å². The average molecular weight is 277 g/mol. The molecule has 0 amide bonds. The Bertz CT molecular complexity index is 558. The van der Waals surface area contributed by atoms with E-state index in [9.17, 15) is 0 Å². The third kappa shape index (κ3) is 3.94. The molecule has 1 N–H and O–H groups in total. The Morgan fingerprint density at radius 3 is 2.84 bits per heavy atom. The molecule has 0 aliphatic rings. The molecule has 3 nitrogen and oxygen atoms in total. The number of hydrogen-bond acceptors (Lipinski definition) is 3. The number of ether oxygens (including phenoxy) is 1. The number of pyridine rings is 1. The minimum Gasteiger partial charge on any atom is -0.438 e. The van der Waals surface area contributed by atoms with E-state index in [2.05, 4.69) is 17.2 Å². The van der Waals surface area contributed by atoms with Crippen LogP contribution in [0.1, 0.15) is 18.1 Å². The van der Waals surface area contributed by atoms with Crippen molar-refractivity contribution in [3.05, 3.63) is 52.7 Å². The van der Waals surface area contributed by atoms with E-state index in [1.165, 1.54) is 0 Å². The van der Waals surface area contributed by atoms with Gasteiger partial charge in [0.25, 0.3) is 0 Å². The first-order chi connectivity index (χ1) is 9.19. The van der Waals surface area contributed by atoms with Crippen molar-refractivity contribution < 1.29 is 4.74 Å². The van der Waals surface area contributed by atoms with Crippen LogP contribution in [0, 0.1) is 6.92 Å². The molecule has 4 heteroatoms. The predicted octanol–water partition coefficient (Wildman–Crippen LogP) is 3.95. The van der Waals surface area contributed by atoms with Gasteiger partial charge in [0.05, 0.1) is 0 Å². The van der Waals surface area contributed by atoms with Crippen molar-refractivity contribution in [3.63, 3.8) is 0 Å². The summed E-state index contributed by atoms with van der Waals surface area (Å²) in [6, 6.07) is 9.67. The fourth-order valence-electron chi connectivity index (χ4n) is 1.70. The SMILES string of the molecule is CCNCc1cnc(Oc2cccc(C)c2)c(Cl)c1. The lowest BCUT2D eigenvalue weighted by Crippen LogP contribution is -2.11. The molecule has 19 heavy (non-hydrogen) atoms. The summed E-state index contributed by atoms with van der Waals surface area (Å²) in [5.74, 6) is 1.18. The molecule has 1 aromatic heterocycles. The van der Waals surface area contributed by atoms with Crippen molar-refractivity contribution in [1.82, 2.24) is 10.3 Å². The van der Waals surface area contributed by atoms with E-state index in [1.54, 1.807) is 6.20 Å². The maximum Gasteiger partial charge on any atom is 0.238 e. The van der Waals surface area contributed by atoms with Crippen molar-refractivity contribution in [2.45, 2.75) is 20.4 Å². The monoisotopic (exact) mass is 276 g/mol. The number of nitrogens with one attached hydrogen (secondary N) is 1. The topological polar surface area (TPSA) is 34.2 Å². The van der Waals surface area contributed by atoms with Crippen LogP contribution in [0.4, 0.5) is 0 Å². The lowest BCUT2D eigenvalue weighted by atomic mass is 10.2. The first-order valence-corrected chi connectivity index (χ1v) is 6.66. The van der Waals surface area contributed by atoms with Gasteiger partial charge in [-0.2, -0.15) is 0 Å². The van der Waals surface area contributed by atoms with Crippen LogP contribution in [0.2, 0.25) is 5.02 Å². The highest BCUT2D eigenvalue weighted by molar-refractivity contribution is 6.31. The van der Waals surface area contributed by atoms with Crippen LogP contribution in [0.5, 0.6) is 11.6 Å². The van der Waals surface area contributed by atoms with Crippen LogP contribution in [0.3, 0.4) is 0 Å². The number of aryl methyl sites for hydroxylation is 1. The zero-order chi connectivity index (χ0) is 13.7. The van der Waals surface area contributed by atoms with Gasteiger partial charge in [0.1, 0.15) is 10.8 Å².